The molecule has 2 rings (SSSR count). The minimum atomic E-state index is -0.859. The highest BCUT2D eigenvalue weighted by molar-refractivity contribution is 6.31. The fourth-order valence-electron chi connectivity index (χ4n) is 2.20. The lowest BCUT2D eigenvalue weighted by atomic mass is 9.98. The van der Waals surface area contributed by atoms with Gasteiger partial charge in [-0.25, -0.2) is 13.2 Å². The lowest BCUT2D eigenvalue weighted by Crippen LogP contribution is -2.30. The molecule has 0 aromatic heterocycles. The topological polar surface area (TPSA) is 12.0 Å². The minimum absolute atomic E-state index is 0.135. The highest BCUT2D eigenvalue weighted by Gasteiger charge is 2.15. The number of rotatable bonds is 5. The zero-order valence-electron chi connectivity index (χ0n) is 11.5. The van der Waals surface area contributed by atoms with Crippen LogP contribution in [0.25, 0.3) is 0 Å². The van der Waals surface area contributed by atoms with E-state index >= 15 is 0 Å². The zero-order chi connectivity index (χ0) is 15.4. The normalized spacial score (nSPS) is 12.4. The maximum absolute atomic E-state index is 13.7. The molecule has 2 aromatic rings. The lowest BCUT2D eigenvalue weighted by molar-refractivity contribution is 0.482. The predicted molar refractivity (Wildman–Crippen MR) is 78.0 cm³/mol. The first-order chi connectivity index (χ1) is 10.0. The molecule has 2 aromatic carbocycles. The van der Waals surface area contributed by atoms with E-state index in [1.807, 2.05) is 0 Å². The number of hydrogen-bond donors (Lipinski definition) is 1. The summed E-state index contributed by atoms with van der Waals surface area (Å²) in [4.78, 5) is 0. The predicted octanol–water partition coefficient (Wildman–Crippen LogP) is 4.13. The van der Waals surface area contributed by atoms with Crippen molar-refractivity contribution < 1.29 is 13.2 Å². The largest absolute Gasteiger partial charge is 0.316 e. The molecule has 0 amide bonds. The fourth-order valence-corrected chi connectivity index (χ4v) is 2.44. The van der Waals surface area contributed by atoms with E-state index in [1.54, 1.807) is 19.2 Å². The first kappa shape index (κ1) is 15.9. The highest BCUT2D eigenvalue weighted by atomic mass is 35.5. The highest BCUT2D eigenvalue weighted by Crippen LogP contribution is 2.21. The van der Waals surface area contributed by atoms with Crippen molar-refractivity contribution in [3.8, 4) is 0 Å². The molecule has 1 unspecified atom stereocenters. The summed E-state index contributed by atoms with van der Waals surface area (Å²) >= 11 is 5.99. The Balaban J connectivity index is 2.15. The summed E-state index contributed by atoms with van der Waals surface area (Å²) in [6.45, 7) is 0. The Bertz CT molecular complexity index is 631. The van der Waals surface area contributed by atoms with Gasteiger partial charge in [-0.05, 0) is 49.2 Å². The van der Waals surface area contributed by atoms with Crippen molar-refractivity contribution in [3.05, 3.63) is 70.0 Å². The second kappa shape index (κ2) is 6.96. The smallest absolute Gasteiger partial charge is 0.162 e. The molecular formula is C16H15ClF3N. The third kappa shape index (κ3) is 3.99. The summed E-state index contributed by atoms with van der Waals surface area (Å²) < 4.78 is 39.9. The van der Waals surface area contributed by atoms with Gasteiger partial charge in [0.05, 0.1) is 0 Å². The van der Waals surface area contributed by atoms with Crippen molar-refractivity contribution in [2.75, 3.05) is 7.05 Å². The van der Waals surface area contributed by atoms with Crippen molar-refractivity contribution in [2.24, 2.45) is 0 Å². The monoisotopic (exact) mass is 313 g/mol. The maximum atomic E-state index is 13.7. The Morgan fingerprint density at radius 1 is 1.05 bits per heavy atom. The van der Waals surface area contributed by atoms with E-state index < -0.39 is 17.5 Å². The molecule has 0 saturated carbocycles. The second-order valence-corrected chi connectivity index (χ2v) is 5.25. The van der Waals surface area contributed by atoms with E-state index in [9.17, 15) is 13.2 Å². The van der Waals surface area contributed by atoms with Gasteiger partial charge in [-0.3, -0.25) is 0 Å². The van der Waals surface area contributed by atoms with E-state index in [2.05, 4.69) is 5.32 Å². The van der Waals surface area contributed by atoms with Crippen LogP contribution in [-0.2, 0) is 12.8 Å². The molecule has 1 nitrogen and oxygen atoms in total. The summed E-state index contributed by atoms with van der Waals surface area (Å²) in [5.41, 5.74) is 1.06. The van der Waals surface area contributed by atoms with Crippen LogP contribution in [0.2, 0.25) is 5.02 Å². The fraction of sp³-hybridized carbons (Fsp3) is 0.250. The van der Waals surface area contributed by atoms with E-state index in [4.69, 9.17) is 11.6 Å². The molecule has 0 saturated heterocycles. The van der Waals surface area contributed by atoms with Gasteiger partial charge in [0.1, 0.15) is 5.82 Å². The van der Waals surface area contributed by atoms with Crippen molar-refractivity contribution in [1.82, 2.24) is 5.32 Å². The van der Waals surface area contributed by atoms with Crippen LogP contribution >= 0.6 is 11.6 Å². The quantitative estimate of drug-likeness (QED) is 0.875. The van der Waals surface area contributed by atoms with Gasteiger partial charge in [0.25, 0.3) is 0 Å². The van der Waals surface area contributed by atoms with Crippen LogP contribution in [0, 0.1) is 17.5 Å². The number of halogens is 4. The molecule has 112 valence electrons. The van der Waals surface area contributed by atoms with E-state index in [1.165, 1.54) is 18.2 Å². The Labute approximate surface area is 126 Å². The molecule has 21 heavy (non-hydrogen) atoms. The average Bonchev–Trinajstić information content (AvgIpc) is 2.45. The van der Waals surface area contributed by atoms with Gasteiger partial charge in [0.2, 0.25) is 0 Å². The molecule has 0 aliphatic rings. The number of nitrogens with one attached hydrogen (secondary N) is 1. The van der Waals surface area contributed by atoms with E-state index in [0.29, 0.717) is 23.4 Å². The first-order valence-electron chi connectivity index (χ1n) is 6.55. The van der Waals surface area contributed by atoms with Gasteiger partial charge in [-0.15, -0.1) is 0 Å². The number of benzene rings is 2. The van der Waals surface area contributed by atoms with Crippen molar-refractivity contribution in [2.45, 2.75) is 18.9 Å². The molecule has 0 aliphatic carbocycles. The zero-order valence-corrected chi connectivity index (χ0v) is 12.2. The van der Waals surface area contributed by atoms with Crippen LogP contribution in [0.5, 0.6) is 0 Å². The second-order valence-electron chi connectivity index (χ2n) is 4.84. The standard InChI is InChI=1S/C16H15ClF3N/c1-21-13(7-10-5-6-12(18)9-14(10)17)8-11-3-2-4-15(19)16(11)20/h2-6,9,13,21H,7-8H2,1H3. The maximum Gasteiger partial charge on any atom is 0.162 e. The van der Waals surface area contributed by atoms with Gasteiger partial charge < -0.3 is 5.32 Å². The SMILES string of the molecule is CNC(Cc1ccc(F)cc1Cl)Cc1cccc(F)c1F. The van der Waals surface area contributed by atoms with E-state index in [-0.39, 0.29) is 6.04 Å². The summed E-state index contributed by atoms with van der Waals surface area (Å²) in [6, 6.07) is 8.15. The van der Waals surface area contributed by atoms with Gasteiger partial charge in [-0.1, -0.05) is 29.8 Å². The molecule has 0 radical (unpaired) electrons. The van der Waals surface area contributed by atoms with Crippen LogP contribution in [-0.4, -0.2) is 13.1 Å². The molecule has 1 N–H and O–H groups in total. The molecule has 0 bridgehead atoms. The summed E-state index contributed by atoms with van der Waals surface area (Å²) in [7, 11) is 1.74. The lowest BCUT2D eigenvalue weighted by Gasteiger charge is -2.17. The van der Waals surface area contributed by atoms with E-state index in [0.717, 1.165) is 11.6 Å². The molecule has 0 aliphatic heterocycles. The van der Waals surface area contributed by atoms with Gasteiger partial charge in [0, 0.05) is 11.1 Å². The van der Waals surface area contributed by atoms with Crippen LogP contribution in [0.3, 0.4) is 0 Å². The Morgan fingerprint density at radius 2 is 1.76 bits per heavy atom. The molecule has 0 heterocycles. The van der Waals surface area contributed by atoms with Gasteiger partial charge in [-0.2, -0.15) is 0 Å². The molecular weight excluding hydrogens is 299 g/mol. The average molecular weight is 314 g/mol. The van der Waals surface area contributed by atoms with Crippen LogP contribution in [0.15, 0.2) is 36.4 Å². The first-order valence-corrected chi connectivity index (χ1v) is 6.93. The molecule has 0 fully saturated rings. The third-order valence-electron chi connectivity index (χ3n) is 3.39. The molecule has 0 spiro atoms. The van der Waals surface area contributed by atoms with Crippen molar-refractivity contribution >= 4 is 11.6 Å². The van der Waals surface area contributed by atoms with Crippen molar-refractivity contribution in [1.29, 1.82) is 0 Å². The Hall–Kier alpha value is -1.52. The summed E-state index contributed by atoms with van der Waals surface area (Å²) in [5, 5.41) is 3.37. The Kier molecular flexibility index (Phi) is 5.26. The van der Waals surface area contributed by atoms with Crippen LogP contribution in [0.4, 0.5) is 13.2 Å². The van der Waals surface area contributed by atoms with Crippen molar-refractivity contribution in [3.63, 3.8) is 0 Å². The molecule has 1 atom stereocenters. The summed E-state index contributed by atoms with van der Waals surface area (Å²) in [6.07, 6.45) is 0.805. The summed E-state index contributed by atoms with van der Waals surface area (Å²) in [5.74, 6) is -2.09. The van der Waals surface area contributed by atoms with Gasteiger partial charge >= 0.3 is 0 Å². The number of hydrogen-bond acceptors (Lipinski definition) is 1. The van der Waals surface area contributed by atoms with Gasteiger partial charge in [0.15, 0.2) is 11.6 Å². The minimum Gasteiger partial charge on any atom is -0.316 e. The van der Waals surface area contributed by atoms with Crippen LogP contribution < -0.4 is 5.32 Å². The Morgan fingerprint density at radius 3 is 2.43 bits per heavy atom. The third-order valence-corrected chi connectivity index (χ3v) is 3.74. The molecule has 5 heteroatoms. The van der Waals surface area contributed by atoms with Crippen LogP contribution in [0.1, 0.15) is 11.1 Å². The number of likely N-dealkylation sites (N-methyl/N-ethyl adjacent to an activating group) is 1.